The minimum absolute atomic E-state index is 0.809. The lowest BCUT2D eigenvalue weighted by Crippen LogP contribution is -2.44. The minimum Gasteiger partial charge on any atom is -0.298 e. The maximum absolute atomic E-state index is 4.24. The standard InChI is InChI=1S/C11H23NS/c1-10-6-5-7-11(2)12(10)8-3-4-9-13/h10-11,13H,3-9H2,1-2H3/t10-,11+. The summed E-state index contributed by atoms with van der Waals surface area (Å²) >= 11 is 4.24. The van der Waals surface area contributed by atoms with E-state index in [1.807, 2.05) is 0 Å². The molecule has 0 aromatic rings. The molecular weight excluding hydrogens is 178 g/mol. The van der Waals surface area contributed by atoms with Crippen LogP contribution >= 0.6 is 12.6 Å². The lowest BCUT2D eigenvalue weighted by Gasteiger charge is -2.39. The smallest absolute Gasteiger partial charge is 0.00697 e. The Balaban J connectivity index is 2.26. The summed E-state index contributed by atoms with van der Waals surface area (Å²) in [5.74, 6) is 1.04. The summed E-state index contributed by atoms with van der Waals surface area (Å²) in [5.41, 5.74) is 0. The third kappa shape index (κ3) is 3.51. The second kappa shape index (κ2) is 5.92. The minimum atomic E-state index is 0.809. The van der Waals surface area contributed by atoms with Crippen LogP contribution in [0.5, 0.6) is 0 Å². The number of thiol groups is 1. The molecule has 0 aliphatic carbocycles. The van der Waals surface area contributed by atoms with Gasteiger partial charge in [0.15, 0.2) is 0 Å². The zero-order valence-electron chi connectivity index (χ0n) is 9.00. The number of hydrogen-bond donors (Lipinski definition) is 1. The highest BCUT2D eigenvalue weighted by Crippen LogP contribution is 2.22. The van der Waals surface area contributed by atoms with E-state index >= 15 is 0 Å². The quantitative estimate of drug-likeness (QED) is 0.540. The molecule has 0 unspecified atom stereocenters. The summed E-state index contributed by atoms with van der Waals surface area (Å²) in [7, 11) is 0. The van der Waals surface area contributed by atoms with E-state index in [4.69, 9.17) is 0 Å². The lowest BCUT2D eigenvalue weighted by molar-refractivity contribution is 0.102. The van der Waals surface area contributed by atoms with Crippen molar-refractivity contribution in [3.05, 3.63) is 0 Å². The van der Waals surface area contributed by atoms with Crippen molar-refractivity contribution in [3.63, 3.8) is 0 Å². The Hall–Kier alpha value is 0.310. The Kier molecular flexibility index (Phi) is 5.18. The second-order valence-corrected chi connectivity index (χ2v) is 4.74. The molecule has 1 saturated heterocycles. The van der Waals surface area contributed by atoms with Crippen LogP contribution in [-0.2, 0) is 0 Å². The van der Waals surface area contributed by atoms with Gasteiger partial charge in [-0.2, -0.15) is 12.6 Å². The van der Waals surface area contributed by atoms with Crippen LogP contribution in [0.1, 0.15) is 46.0 Å². The Labute approximate surface area is 88.3 Å². The van der Waals surface area contributed by atoms with E-state index in [2.05, 4.69) is 31.4 Å². The Morgan fingerprint density at radius 3 is 2.31 bits per heavy atom. The molecule has 2 atom stereocenters. The molecule has 1 fully saturated rings. The number of piperidine rings is 1. The average Bonchev–Trinajstić information content (AvgIpc) is 2.10. The molecule has 13 heavy (non-hydrogen) atoms. The largest absolute Gasteiger partial charge is 0.298 e. The van der Waals surface area contributed by atoms with Gasteiger partial charge in [0, 0.05) is 12.1 Å². The highest BCUT2D eigenvalue weighted by atomic mass is 32.1. The first-order chi connectivity index (χ1) is 6.25. The lowest BCUT2D eigenvalue weighted by atomic mass is 9.97. The molecule has 1 heterocycles. The molecule has 0 aromatic heterocycles. The molecule has 2 heteroatoms. The van der Waals surface area contributed by atoms with E-state index in [1.54, 1.807) is 0 Å². The van der Waals surface area contributed by atoms with Gasteiger partial charge in [-0.3, -0.25) is 4.90 Å². The van der Waals surface area contributed by atoms with Crippen LogP contribution in [0.3, 0.4) is 0 Å². The molecule has 0 amide bonds. The van der Waals surface area contributed by atoms with E-state index < -0.39 is 0 Å². The number of nitrogens with zero attached hydrogens (tertiary/aromatic N) is 1. The fourth-order valence-corrected chi connectivity index (χ4v) is 2.55. The molecule has 78 valence electrons. The normalized spacial score (nSPS) is 30.7. The van der Waals surface area contributed by atoms with Crippen molar-refractivity contribution in [3.8, 4) is 0 Å². The van der Waals surface area contributed by atoms with Crippen molar-refractivity contribution < 1.29 is 0 Å². The topological polar surface area (TPSA) is 3.24 Å². The molecule has 0 aromatic carbocycles. The summed E-state index contributed by atoms with van der Waals surface area (Å²) in [4.78, 5) is 2.67. The molecule has 1 aliphatic heterocycles. The predicted octanol–water partition coefficient (Wildman–Crippen LogP) is 2.96. The zero-order chi connectivity index (χ0) is 9.68. The molecule has 0 radical (unpaired) electrons. The molecule has 1 rings (SSSR count). The summed E-state index contributed by atoms with van der Waals surface area (Å²) in [6, 6.07) is 1.62. The third-order valence-corrected chi connectivity index (χ3v) is 3.52. The first-order valence-electron chi connectivity index (χ1n) is 5.62. The van der Waals surface area contributed by atoms with E-state index in [1.165, 1.54) is 38.6 Å². The van der Waals surface area contributed by atoms with E-state index in [-0.39, 0.29) is 0 Å². The first-order valence-corrected chi connectivity index (χ1v) is 6.25. The zero-order valence-corrected chi connectivity index (χ0v) is 9.89. The third-order valence-electron chi connectivity index (χ3n) is 3.20. The van der Waals surface area contributed by atoms with Gasteiger partial charge < -0.3 is 0 Å². The van der Waals surface area contributed by atoms with Crippen molar-refractivity contribution >= 4 is 12.6 Å². The summed E-state index contributed by atoms with van der Waals surface area (Å²) in [6.07, 6.45) is 6.79. The molecule has 1 aliphatic rings. The van der Waals surface area contributed by atoms with E-state index in [0.717, 1.165) is 17.8 Å². The van der Waals surface area contributed by atoms with Crippen molar-refractivity contribution in [2.24, 2.45) is 0 Å². The van der Waals surface area contributed by atoms with Crippen LogP contribution in [0, 0.1) is 0 Å². The molecule has 0 N–H and O–H groups in total. The Bertz CT molecular complexity index is 128. The molecule has 0 saturated carbocycles. The van der Waals surface area contributed by atoms with Gasteiger partial charge in [-0.25, -0.2) is 0 Å². The predicted molar refractivity (Wildman–Crippen MR) is 62.6 cm³/mol. The Morgan fingerprint density at radius 2 is 1.77 bits per heavy atom. The van der Waals surface area contributed by atoms with E-state index in [9.17, 15) is 0 Å². The van der Waals surface area contributed by atoms with Crippen molar-refractivity contribution in [2.75, 3.05) is 12.3 Å². The van der Waals surface area contributed by atoms with Crippen molar-refractivity contribution in [2.45, 2.75) is 58.0 Å². The van der Waals surface area contributed by atoms with Gasteiger partial charge in [-0.1, -0.05) is 6.42 Å². The van der Waals surface area contributed by atoms with Crippen LogP contribution in [0.2, 0.25) is 0 Å². The van der Waals surface area contributed by atoms with Crippen LogP contribution in [0.15, 0.2) is 0 Å². The maximum Gasteiger partial charge on any atom is 0.00697 e. The van der Waals surface area contributed by atoms with Gasteiger partial charge in [0.2, 0.25) is 0 Å². The average molecular weight is 201 g/mol. The van der Waals surface area contributed by atoms with Gasteiger partial charge in [-0.15, -0.1) is 0 Å². The number of hydrogen-bond acceptors (Lipinski definition) is 2. The summed E-state index contributed by atoms with van der Waals surface area (Å²) in [6.45, 7) is 6.02. The van der Waals surface area contributed by atoms with Gasteiger partial charge in [0.05, 0.1) is 0 Å². The number of rotatable bonds is 4. The summed E-state index contributed by atoms with van der Waals surface area (Å²) in [5, 5.41) is 0. The van der Waals surface area contributed by atoms with Crippen LogP contribution in [0.25, 0.3) is 0 Å². The fourth-order valence-electron chi connectivity index (χ4n) is 2.32. The van der Waals surface area contributed by atoms with Crippen LogP contribution < -0.4 is 0 Å². The molecule has 0 bridgehead atoms. The highest BCUT2D eigenvalue weighted by molar-refractivity contribution is 7.80. The fraction of sp³-hybridized carbons (Fsp3) is 1.00. The van der Waals surface area contributed by atoms with Gasteiger partial charge in [-0.05, 0) is 51.8 Å². The molecular formula is C11H23NS. The molecule has 1 nitrogen and oxygen atoms in total. The Morgan fingerprint density at radius 1 is 1.15 bits per heavy atom. The van der Waals surface area contributed by atoms with E-state index in [0.29, 0.717) is 0 Å². The van der Waals surface area contributed by atoms with Crippen LogP contribution in [0.4, 0.5) is 0 Å². The van der Waals surface area contributed by atoms with Gasteiger partial charge >= 0.3 is 0 Å². The summed E-state index contributed by atoms with van der Waals surface area (Å²) < 4.78 is 0. The van der Waals surface area contributed by atoms with Gasteiger partial charge in [0.1, 0.15) is 0 Å². The second-order valence-electron chi connectivity index (χ2n) is 4.30. The first kappa shape index (κ1) is 11.4. The highest BCUT2D eigenvalue weighted by Gasteiger charge is 2.23. The molecule has 0 spiro atoms. The number of likely N-dealkylation sites (tertiary alicyclic amines) is 1. The van der Waals surface area contributed by atoms with Crippen LogP contribution in [-0.4, -0.2) is 29.3 Å². The SMILES string of the molecule is C[C@@H]1CCC[C@H](C)N1CCCCS. The maximum atomic E-state index is 4.24. The van der Waals surface area contributed by atoms with Gasteiger partial charge in [0.25, 0.3) is 0 Å². The monoisotopic (exact) mass is 201 g/mol. The van der Waals surface area contributed by atoms with Crippen molar-refractivity contribution in [1.82, 2.24) is 4.90 Å². The number of unbranched alkanes of at least 4 members (excludes halogenated alkanes) is 1. The van der Waals surface area contributed by atoms with Crippen molar-refractivity contribution in [1.29, 1.82) is 0 Å².